The van der Waals surface area contributed by atoms with E-state index >= 15 is 0 Å². The summed E-state index contributed by atoms with van der Waals surface area (Å²) in [6, 6.07) is 3.36. The summed E-state index contributed by atoms with van der Waals surface area (Å²) in [5, 5.41) is 0. The lowest BCUT2D eigenvalue weighted by molar-refractivity contribution is -0.139. The molecule has 2 N–H and O–H groups in total. The van der Waals surface area contributed by atoms with Gasteiger partial charge in [-0.3, -0.25) is 4.79 Å². The quantitative estimate of drug-likeness (QED) is 0.573. The minimum absolute atomic E-state index is 0.138. The molecule has 80 valence electrons. The lowest BCUT2D eigenvalue weighted by atomic mass is 10.1. The molecule has 1 aromatic carbocycles. The number of rotatable bonds is 2. The van der Waals surface area contributed by atoms with E-state index in [4.69, 9.17) is 15.2 Å². The zero-order valence-corrected chi connectivity index (χ0v) is 8.28. The van der Waals surface area contributed by atoms with E-state index in [1.165, 1.54) is 7.11 Å². The van der Waals surface area contributed by atoms with Crippen LogP contribution in [-0.4, -0.2) is 19.9 Å². The Morgan fingerprint density at radius 2 is 2.13 bits per heavy atom. The number of hydrogen-bond donors (Lipinski definition) is 1. The first-order valence-corrected chi connectivity index (χ1v) is 4.45. The molecule has 0 fully saturated rings. The highest BCUT2D eigenvalue weighted by atomic mass is 16.7. The lowest BCUT2D eigenvalue weighted by Gasteiger charge is -2.05. The number of nitrogens with two attached hydrogens (primary N) is 1. The number of fused-ring (bicyclic) bond motifs is 1. The van der Waals surface area contributed by atoms with Crippen molar-refractivity contribution in [2.75, 3.05) is 19.6 Å². The Morgan fingerprint density at radius 1 is 1.47 bits per heavy atom. The van der Waals surface area contributed by atoms with Crippen molar-refractivity contribution in [1.29, 1.82) is 0 Å². The molecule has 0 radical (unpaired) electrons. The molecule has 0 unspecified atom stereocenters. The van der Waals surface area contributed by atoms with E-state index in [2.05, 4.69) is 4.74 Å². The van der Waals surface area contributed by atoms with Crippen LogP contribution in [0.2, 0.25) is 0 Å². The second kappa shape index (κ2) is 3.68. The summed E-state index contributed by atoms with van der Waals surface area (Å²) < 4.78 is 14.9. The molecular formula is C10H11NO4. The van der Waals surface area contributed by atoms with Gasteiger partial charge >= 0.3 is 5.97 Å². The number of nitrogen functional groups attached to an aromatic ring is 1. The van der Waals surface area contributed by atoms with E-state index in [1.807, 2.05) is 0 Å². The highest BCUT2D eigenvalue weighted by Gasteiger charge is 2.17. The highest BCUT2D eigenvalue weighted by Crippen LogP contribution is 2.36. The Labute approximate surface area is 86.7 Å². The third-order valence-electron chi connectivity index (χ3n) is 2.20. The van der Waals surface area contributed by atoms with Crippen LogP contribution in [0.3, 0.4) is 0 Å². The van der Waals surface area contributed by atoms with Gasteiger partial charge in [0.25, 0.3) is 0 Å². The van der Waals surface area contributed by atoms with E-state index in [0.717, 1.165) is 0 Å². The van der Waals surface area contributed by atoms with Gasteiger partial charge in [0, 0.05) is 11.8 Å². The summed E-state index contributed by atoms with van der Waals surface area (Å²) >= 11 is 0. The van der Waals surface area contributed by atoms with Crippen LogP contribution in [-0.2, 0) is 16.0 Å². The van der Waals surface area contributed by atoms with Gasteiger partial charge in [0.2, 0.25) is 6.79 Å². The summed E-state index contributed by atoms with van der Waals surface area (Å²) in [7, 11) is 1.34. The molecule has 0 aromatic heterocycles. The Morgan fingerprint density at radius 3 is 2.80 bits per heavy atom. The van der Waals surface area contributed by atoms with Crippen molar-refractivity contribution in [2.24, 2.45) is 0 Å². The zero-order chi connectivity index (χ0) is 10.8. The SMILES string of the molecule is COC(=O)Cc1cc2c(cc1N)OCO2. The van der Waals surface area contributed by atoms with E-state index < -0.39 is 0 Å². The van der Waals surface area contributed by atoms with Crippen LogP contribution in [0, 0.1) is 0 Å². The number of hydrogen-bond acceptors (Lipinski definition) is 5. The second-order valence-corrected chi connectivity index (χ2v) is 3.16. The molecule has 0 aliphatic carbocycles. The molecule has 2 rings (SSSR count). The number of ether oxygens (including phenoxy) is 3. The number of anilines is 1. The molecule has 1 heterocycles. The minimum Gasteiger partial charge on any atom is -0.469 e. The molecule has 1 aliphatic rings. The van der Waals surface area contributed by atoms with E-state index in [-0.39, 0.29) is 19.2 Å². The molecular weight excluding hydrogens is 198 g/mol. The predicted octanol–water partition coefficient (Wildman–Crippen LogP) is 0.713. The largest absolute Gasteiger partial charge is 0.469 e. The number of carbonyl (C=O) groups is 1. The predicted molar refractivity (Wildman–Crippen MR) is 52.7 cm³/mol. The van der Waals surface area contributed by atoms with Crippen LogP contribution >= 0.6 is 0 Å². The maximum absolute atomic E-state index is 11.1. The minimum atomic E-state index is -0.333. The Bertz CT molecular complexity index is 403. The van der Waals surface area contributed by atoms with Crippen LogP contribution in [0.1, 0.15) is 5.56 Å². The summed E-state index contributed by atoms with van der Waals surface area (Å²) in [5.41, 5.74) is 6.94. The van der Waals surface area contributed by atoms with E-state index in [0.29, 0.717) is 22.7 Å². The van der Waals surface area contributed by atoms with E-state index in [9.17, 15) is 4.79 Å². The van der Waals surface area contributed by atoms with Crippen molar-refractivity contribution < 1.29 is 19.0 Å². The summed E-state index contributed by atoms with van der Waals surface area (Å²) in [4.78, 5) is 11.1. The fourth-order valence-corrected chi connectivity index (χ4v) is 1.38. The van der Waals surface area contributed by atoms with Crippen LogP contribution in [0.25, 0.3) is 0 Å². The highest BCUT2D eigenvalue weighted by molar-refractivity contribution is 5.75. The van der Waals surface area contributed by atoms with Crippen LogP contribution < -0.4 is 15.2 Å². The van der Waals surface area contributed by atoms with Crippen LogP contribution in [0.15, 0.2) is 12.1 Å². The average Bonchev–Trinajstić information content (AvgIpc) is 2.65. The topological polar surface area (TPSA) is 70.8 Å². The Kier molecular flexibility index (Phi) is 2.37. The molecule has 0 bridgehead atoms. The standard InChI is InChI=1S/C10H11NO4/c1-13-10(12)3-6-2-8-9(4-7(6)11)15-5-14-8/h2,4H,3,5,11H2,1H3. The molecule has 0 saturated carbocycles. The van der Waals surface area contributed by atoms with Crippen molar-refractivity contribution in [2.45, 2.75) is 6.42 Å². The van der Waals surface area contributed by atoms with Crippen LogP contribution in [0.5, 0.6) is 11.5 Å². The van der Waals surface area contributed by atoms with Gasteiger partial charge in [0.05, 0.1) is 13.5 Å². The first-order valence-electron chi connectivity index (χ1n) is 4.45. The van der Waals surface area contributed by atoms with Crippen molar-refractivity contribution in [3.63, 3.8) is 0 Å². The first-order chi connectivity index (χ1) is 7.20. The van der Waals surface area contributed by atoms with Gasteiger partial charge < -0.3 is 19.9 Å². The molecule has 1 aliphatic heterocycles. The van der Waals surface area contributed by atoms with Gasteiger partial charge in [0.1, 0.15) is 0 Å². The summed E-state index contributed by atoms with van der Waals surface area (Å²) in [6.45, 7) is 0.191. The number of methoxy groups -OCH3 is 1. The Balaban J connectivity index is 2.28. The summed E-state index contributed by atoms with van der Waals surface area (Å²) in [5.74, 6) is 0.893. The van der Waals surface area contributed by atoms with Crippen molar-refractivity contribution >= 4 is 11.7 Å². The third kappa shape index (κ3) is 1.81. The molecule has 5 nitrogen and oxygen atoms in total. The molecule has 5 heteroatoms. The third-order valence-corrected chi connectivity index (χ3v) is 2.20. The maximum atomic E-state index is 11.1. The first kappa shape index (κ1) is 9.64. The number of carbonyl (C=O) groups excluding carboxylic acids is 1. The summed E-state index contributed by atoms with van der Waals surface area (Å²) in [6.07, 6.45) is 0.138. The average molecular weight is 209 g/mol. The molecule has 15 heavy (non-hydrogen) atoms. The molecule has 0 saturated heterocycles. The van der Waals surface area contributed by atoms with Gasteiger partial charge in [-0.05, 0) is 11.6 Å². The fraction of sp³-hybridized carbons (Fsp3) is 0.300. The van der Waals surface area contributed by atoms with Gasteiger partial charge in [-0.2, -0.15) is 0 Å². The fourth-order valence-electron chi connectivity index (χ4n) is 1.38. The van der Waals surface area contributed by atoms with Crippen molar-refractivity contribution in [3.05, 3.63) is 17.7 Å². The van der Waals surface area contributed by atoms with Gasteiger partial charge in [0.15, 0.2) is 11.5 Å². The van der Waals surface area contributed by atoms with Gasteiger partial charge in [-0.25, -0.2) is 0 Å². The molecule has 0 amide bonds. The second-order valence-electron chi connectivity index (χ2n) is 3.16. The smallest absolute Gasteiger partial charge is 0.310 e. The number of esters is 1. The molecule has 0 atom stereocenters. The number of benzene rings is 1. The normalized spacial score (nSPS) is 12.6. The zero-order valence-electron chi connectivity index (χ0n) is 8.28. The lowest BCUT2D eigenvalue weighted by Crippen LogP contribution is -2.06. The molecule has 1 aromatic rings. The van der Waals surface area contributed by atoms with Crippen molar-refractivity contribution in [3.8, 4) is 11.5 Å². The van der Waals surface area contributed by atoms with Crippen molar-refractivity contribution in [1.82, 2.24) is 0 Å². The molecule has 0 spiro atoms. The monoisotopic (exact) mass is 209 g/mol. The van der Waals surface area contributed by atoms with Gasteiger partial charge in [-0.15, -0.1) is 0 Å². The maximum Gasteiger partial charge on any atom is 0.310 e. The van der Waals surface area contributed by atoms with Gasteiger partial charge in [-0.1, -0.05) is 0 Å². The van der Waals surface area contributed by atoms with E-state index in [1.54, 1.807) is 12.1 Å². The van der Waals surface area contributed by atoms with Crippen LogP contribution in [0.4, 0.5) is 5.69 Å². The Hall–Kier alpha value is -1.91.